The molecule has 0 aliphatic heterocycles. The third-order valence-corrected chi connectivity index (χ3v) is 5.84. The largest absolute Gasteiger partial charge is 0.0616 e. The van der Waals surface area contributed by atoms with Gasteiger partial charge in [0.2, 0.25) is 0 Å². The Morgan fingerprint density at radius 2 is 0.700 bits per heavy atom. The first kappa shape index (κ1) is 16.8. The van der Waals surface area contributed by atoms with E-state index in [1.54, 1.807) is 0 Å². The summed E-state index contributed by atoms with van der Waals surface area (Å²) in [5.41, 5.74) is 2.08. The molecule has 6 rings (SSSR count). The molecule has 0 saturated carbocycles. The SMILES string of the molecule is C(#Cc1ccc2ccc3ccccc3c2c1)c1ccc2ccc3ccccc3c2c1. The van der Waals surface area contributed by atoms with Gasteiger partial charge in [-0.2, -0.15) is 0 Å². The van der Waals surface area contributed by atoms with Crippen molar-refractivity contribution in [2.24, 2.45) is 0 Å². The minimum absolute atomic E-state index is 1.04. The van der Waals surface area contributed by atoms with E-state index in [1.807, 2.05) is 0 Å². The lowest BCUT2D eigenvalue weighted by Gasteiger charge is -2.05. The van der Waals surface area contributed by atoms with Crippen LogP contribution in [0.25, 0.3) is 43.1 Å². The zero-order valence-corrected chi connectivity index (χ0v) is 16.4. The second-order valence-electron chi connectivity index (χ2n) is 7.70. The molecule has 6 aromatic carbocycles. The molecule has 0 aliphatic rings. The number of fused-ring (bicyclic) bond motifs is 6. The van der Waals surface area contributed by atoms with Crippen molar-refractivity contribution < 1.29 is 0 Å². The van der Waals surface area contributed by atoms with Crippen LogP contribution in [-0.4, -0.2) is 0 Å². The average molecular weight is 378 g/mol. The van der Waals surface area contributed by atoms with E-state index in [4.69, 9.17) is 0 Å². The zero-order valence-electron chi connectivity index (χ0n) is 16.4. The molecule has 30 heavy (non-hydrogen) atoms. The molecule has 0 N–H and O–H groups in total. The predicted molar refractivity (Wildman–Crippen MR) is 129 cm³/mol. The molecule has 0 aromatic heterocycles. The second kappa shape index (κ2) is 6.76. The van der Waals surface area contributed by atoms with Crippen molar-refractivity contribution in [3.05, 3.63) is 120 Å². The highest BCUT2D eigenvalue weighted by atomic mass is 14.1. The molecule has 0 saturated heterocycles. The summed E-state index contributed by atoms with van der Waals surface area (Å²) in [6, 6.07) is 38.8. The molecule has 0 amide bonds. The summed E-state index contributed by atoms with van der Waals surface area (Å²) in [5, 5.41) is 10.1. The number of hydrogen-bond acceptors (Lipinski definition) is 0. The molecular weight excluding hydrogens is 360 g/mol. The average Bonchev–Trinajstić information content (AvgIpc) is 2.82. The first-order valence-electron chi connectivity index (χ1n) is 10.2. The van der Waals surface area contributed by atoms with Gasteiger partial charge in [-0.3, -0.25) is 0 Å². The highest BCUT2D eigenvalue weighted by molar-refractivity contribution is 6.08. The molecule has 0 bridgehead atoms. The molecular formula is C30H18. The number of benzene rings is 6. The van der Waals surface area contributed by atoms with Gasteiger partial charge in [0, 0.05) is 11.1 Å². The van der Waals surface area contributed by atoms with Crippen LogP contribution in [0.5, 0.6) is 0 Å². The maximum atomic E-state index is 3.38. The summed E-state index contributed by atoms with van der Waals surface area (Å²) in [6.07, 6.45) is 0. The van der Waals surface area contributed by atoms with Gasteiger partial charge in [-0.1, -0.05) is 96.8 Å². The maximum absolute atomic E-state index is 3.38. The first-order valence-corrected chi connectivity index (χ1v) is 10.2. The van der Waals surface area contributed by atoms with Crippen LogP contribution in [0.1, 0.15) is 11.1 Å². The summed E-state index contributed by atoms with van der Waals surface area (Å²) in [5.74, 6) is 6.76. The third-order valence-electron chi connectivity index (χ3n) is 5.84. The Morgan fingerprint density at radius 1 is 0.333 bits per heavy atom. The summed E-state index contributed by atoms with van der Waals surface area (Å²) in [6.45, 7) is 0. The topological polar surface area (TPSA) is 0 Å². The van der Waals surface area contributed by atoms with Crippen LogP contribution >= 0.6 is 0 Å². The van der Waals surface area contributed by atoms with Gasteiger partial charge in [-0.05, 0) is 67.4 Å². The highest BCUT2D eigenvalue weighted by Gasteiger charge is 2.02. The van der Waals surface area contributed by atoms with Gasteiger partial charge in [0.1, 0.15) is 0 Å². The van der Waals surface area contributed by atoms with Crippen molar-refractivity contribution in [3.8, 4) is 11.8 Å². The monoisotopic (exact) mass is 378 g/mol. The second-order valence-corrected chi connectivity index (χ2v) is 7.70. The molecule has 0 spiro atoms. The fourth-order valence-corrected chi connectivity index (χ4v) is 4.30. The minimum Gasteiger partial charge on any atom is -0.0616 e. The standard InChI is InChI=1S/C30H18/c1-3-7-27-23(5-1)15-17-25-13-11-21(19-29(25)27)9-10-22-12-14-26-18-16-24-6-2-4-8-28(24)30(26)20-22/h1-8,11-20H. The van der Waals surface area contributed by atoms with E-state index >= 15 is 0 Å². The molecule has 0 heterocycles. The zero-order chi connectivity index (χ0) is 19.9. The lowest BCUT2D eigenvalue weighted by atomic mass is 9.99. The lowest BCUT2D eigenvalue weighted by Crippen LogP contribution is -1.82. The fourth-order valence-electron chi connectivity index (χ4n) is 4.30. The van der Waals surface area contributed by atoms with Gasteiger partial charge >= 0.3 is 0 Å². The molecule has 0 aliphatic carbocycles. The maximum Gasteiger partial charge on any atom is 0.0255 e. The Balaban J connectivity index is 1.48. The quantitative estimate of drug-likeness (QED) is 0.188. The van der Waals surface area contributed by atoms with Crippen molar-refractivity contribution in [3.63, 3.8) is 0 Å². The van der Waals surface area contributed by atoms with E-state index in [-0.39, 0.29) is 0 Å². The predicted octanol–water partition coefficient (Wildman–Crippen LogP) is 7.70. The van der Waals surface area contributed by atoms with Crippen molar-refractivity contribution in [2.75, 3.05) is 0 Å². The molecule has 138 valence electrons. The smallest absolute Gasteiger partial charge is 0.0255 e. The molecule has 0 unspecified atom stereocenters. The fraction of sp³-hybridized carbons (Fsp3) is 0. The van der Waals surface area contributed by atoms with Gasteiger partial charge in [0.25, 0.3) is 0 Å². The lowest BCUT2D eigenvalue weighted by molar-refractivity contribution is 1.69. The Hall–Kier alpha value is -4.08. The Kier molecular flexibility index (Phi) is 3.79. The third kappa shape index (κ3) is 2.81. The minimum atomic E-state index is 1.04. The van der Waals surface area contributed by atoms with Crippen LogP contribution in [0, 0.1) is 11.8 Å². The van der Waals surface area contributed by atoms with E-state index in [0.29, 0.717) is 0 Å². The van der Waals surface area contributed by atoms with Crippen molar-refractivity contribution >= 4 is 43.1 Å². The Morgan fingerprint density at radius 3 is 1.17 bits per heavy atom. The molecule has 0 heteroatoms. The Bertz CT molecular complexity index is 1520. The molecule has 0 nitrogen and oxygen atoms in total. The first-order chi connectivity index (χ1) is 14.8. The molecule has 6 aromatic rings. The molecule has 0 radical (unpaired) electrons. The van der Waals surface area contributed by atoms with E-state index < -0.39 is 0 Å². The van der Waals surface area contributed by atoms with E-state index in [2.05, 4.69) is 121 Å². The van der Waals surface area contributed by atoms with Crippen molar-refractivity contribution in [1.29, 1.82) is 0 Å². The summed E-state index contributed by atoms with van der Waals surface area (Å²) < 4.78 is 0. The summed E-state index contributed by atoms with van der Waals surface area (Å²) in [4.78, 5) is 0. The van der Waals surface area contributed by atoms with Gasteiger partial charge in [-0.25, -0.2) is 0 Å². The van der Waals surface area contributed by atoms with Crippen LogP contribution in [0.4, 0.5) is 0 Å². The van der Waals surface area contributed by atoms with Crippen molar-refractivity contribution in [2.45, 2.75) is 0 Å². The van der Waals surface area contributed by atoms with Gasteiger partial charge < -0.3 is 0 Å². The summed E-state index contributed by atoms with van der Waals surface area (Å²) >= 11 is 0. The summed E-state index contributed by atoms with van der Waals surface area (Å²) in [7, 11) is 0. The van der Waals surface area contributed by atoms with E-state index in [1.165, 1.54) is 43.1 Å². The van der Waals surface area contributed by atoms with Crippen LogP contribution < -0.4 is 0 Å². The van der Waals surface area contributed by atoms with Crippen LogP contribution in [-0.2, 0) is 0 Å². The normalized spacial score (nSPS) is 11.1. The number of hydrogen-bond donors (Lipinski definition) is 0. The number of rotatable bonds is 0. The van der Waals surface area contributed by atoms with Gasteiger partial charge in [0.15, 0.2) is 0 Å². The van der Waals surface area contributed by atoms with Gasteiger partial charge in [-0.15, -0.1) is 0 Å². The van der Waals surface area contributed by atoms with Crippen LogP contribution in [0.15, 0.2) is 109 Å². The van der Waals surface area contributed by atoms with E-state index in [9.17, 15) is 0 Å². The van der Waals surface area contributed by atoms with Crippen LogP contribution in [0.3, 0.4) is 0 Å². The van der Waals surface area contributed by atoms with Gasteiger partial charge in [0.05, 0.1) is 0 Å². The van der Waals surface area contributed by atoms with Crippen LogP contribution in [0.2, 0.25) is 0 Å². The van der Waals surface area contributed by atoms with Crippen molar-refractivity contribution in [1.82, 2.24) is 0 Å². The van der Waals surface area contributed by atoms with E-state index in [0.717, 1.165) is 11.1 Å². The molecule has 0 atom stereocenters. The highest BCUT2D eigenvalue weighted by Crippen LogP contribution is 2.27. The molecule has 0 fully saturated rings. The Labute approximate surface area is 175 Å².